The molecule has 1 amide bonds. The molecule has 1 aliphatic rings. The number of piperazine rings is 1. The van der Waals surface area contributed by atoms with Crippen LogP contribution < -0.4 is 0 Å². The molecular weight excluding hydrogens is 328 g/mol. The molecule has 0 spiro atoms. The number of hydrogen-bond acceptors (Lipinski definition) is 3. The zero-order valence-electron chi connectivity index (χ0n) is 14.2. The first kappa shape index (κ1) is 16.3. The molecule has 25 heavy (non-hydrogen) atoms. The van der Waals surface area contributed by atoms with Crippen LogP contribution in [0.2, 0.25) is 0 Å². The molecule has 4 heteroatoms. The molecule has 1 aliphatic heterocycles. The Balaban J connectivity index is 1.33. The molecule has 0 saturated carbocycles. The van der Waals surface area contributed by atoms with Crippen LogP contribution >= 0.6 is 11.3 Å². The van der Waals surface area contributed by atoms with E-state index >= 15 is 0 Å². The Hall–Kier alpha value is -2.17. The van der Waals surface area contributed by atoms with E-state index in [0.29, 0.717) is 6.42 Å². The van der Waals surface area contributed by atoms with Gasteiger partial charge in [0, 0.05) is 37.4 Å². The van der Waals surface area contributed by atoms with Gasteiger partial charge in [0.1, 0.15) is 0 Å². The van der Waals surface area contributed by atoms with Crippen LogP contribution in [0.5, 0.6) is 0 Å². The molecule has 2 aromatic carbocycles. The number of benzene rings is 2. The SMILES string of the molecule is O=C(Cc1ccccc1)N1CCN(Cc2csc3ccccc23)CC1. The maximum absolute atomic E-state index is 12.5. The Bertz CT molecular complexity index is 850. The Morgan fingerprint density at radius 3 is 2.44 bits per heavy atom. The van der Waals surface area contributed by atoms with Crippen molar-refractivity contribution in [3.05, 3.63) is 71.1 Å². The highest BCUT2D eigenvalue weighted by Crippen LogP contribution is 2.26. The minimum Gasteiger partial charge on any atom is -0.340 e. The fraction of sp³-hybridized carbons (Fsp3) is 0.286. The fourth-order valence-corrected chi connectivity index (χ4v) is 4.39. The van der Waals surface area contributed by atoms with Crippen LogP contribution in [0.4, 0.5) is 0 Å². The molecule has 1 saturated heterocycles. The lowest BCUT2D eigenvalue weighted by atomic mass is 10.1. The molecule has 2 heterocycles. The average molecular weight is 350 g/mol. The quantitative estimate of drug-likeness (QED) is 0.715. The molecule has 0 N–H and O–H groups in total. The molecule has 0 unspecified atom stereocenters. The van der Waals surface area contributed by atoms with Crippen LogP contribution in [0.25, 0.3) is 10.1 Å². The summed E-state index contributed by atoms with van der Waals surface area (Å²) in [6, 6.07) is 18.6. The summed E-state index contributed by atoms with van der Waals surface area (Å²) in [4.78, 5) is 16.9. The standard InChI is InChI=1S/C21H22N2OS/c24-21(14-17-6-2-1-3-7-17)23-12-10-22(11-13-23)15-18-16-25-20-9-5-4-8-19(18)20/h1-9,16H,10-15H2. The minimum atomic E-state index is 0.242. The molecule has 4 rings (SSSR count). The van der Waals surface area contributed by atoms with E-state index in [1.807, 2.05) is 46.6 Å². The maximum Gasteiger partial charge on any atom is 0.227 e. The zero-order chi connectivity index (χ0) is 17.1. The van der Waals surface area contributed by atoms with E-state index in [9.17, 15) is 4.79 Å². The number of fused-ring (bicyclic) bond motifs is 1. The number of hydrogen-bond donors (Lipinski definition) is 0. The molecule has 0 aliphatic carbocycles. The lowest BCUT2D eigenvalue weighted by Gasteiger charge is -2.34. The van der Waals surface area contributed by atoms with Gasteiger partial charge < -0.3 is 4.90 Å². The molecule has 128 valence electrons. The number of nitrogens with zero attached hydrogens (tertiary/aromatic N) is 2. The Labute approximate surface area is 152 Å². The van der Waals surface area contributed by atoms with E-state index in [-0.39, 0.29) is 5.91 Å². The summed E-state index contributed by atoms with van der Waals surface area (Å²) in [5, 5.41) is 3.65. The zero-order valence-corrected chi connectivity index (χ0v) is 15.0. The van der Waals surface area contributed by atoms with Crippen molar-refractivity contribution in [2.45, 2.75) is 13.0 Å². The fourth-order valence-electron chi connectivity index (χ4n) is 3.43. The topological polar surface area (TPSA) is 23.6 Å². The Morgan fingerprint density at radius 1 is 0.920 bits per heavy atom. The van der Waals surface area contributed by atoms with E-state index in [2.05, 4.69) is 34.5 Å². The molecule has 0 radical (unpaired) electrons. The molecule has 0 atom stereocenters. The predicted molar refractivity (Wildman–Crippen MR) is 104 cm³/mol. The number of rotatable bonds is 4. The Kier molecular flexibility index (Phi) is 4.81. The van der Waals surface area contributed by atoms with Crippen molar-refractivity contribution in [3.8, 4) is 0 Å². The highest BCUT2D eigenvalue weighted by molar-refractivity contribution is 7.17. The van der Waals surface area contributed by atoms with Gasteiger partial charge in [-0.15, -0.1) is 11.3 Å². The van der Waals surface area contributed by atoms with E-state index < -0.39 is 0 Å². The smallest absolute Gasteiger partial charge is 0.227 e. The van der Waals surface area contributed by atoms with Gasteiger partial charge in [-0.05, 0) is 28.0 Å². The van der Waals surface area contributed by atoms with Gasteiger partial charge in [-0.1, -0.05) is 48.5 Å². The number of carbonyl (C=O) groups is 1. The van der Waals surface area contributed by atoms with Gasteiger partial charge in [0.2, 0.25) is 5.91 Å². The number of amides is 1. The van der Waals surface area contributed by atoms with Crippen LogP contribution in [0.1, 0.15) is 11.1 Å². The second-order valence-electron chi connectivity index (χ2n) is 6.58. The van der Waals surface area contributed by atoms with E-state index in [4.69, 9.17) is 0 Å². The maximum atomic E-state index is 12.5. The van der Waals surface area contributed by atoms with Crippen molar-refractivity contribution < 1.29 is 4.79 Å². The molecule has 1 aromatic heterocycles. The third-order valence-electron chi connectivity index (χ3n) is 4.88. The minimum absolute atomic E-state index is 0.242. The second-order valence-corrected chi connectivity index (χ2v) is 7.49. The van der Waals surface area contributed by atoms with Crippen molar-refractivity contribution >= 4 is 27.3 Å². The molecule has 3 aromatic rings. The first-order valence-electron chi connectivity index (χ1n) is 8.79. The van der Waals surface area contributed by atoms with Crippen molar-refractivity contribution in [2.24, 2.45) is 0 Å². The number of thiophene rings is 1. The first-order chi connectivity index (χ1) is 12.3. The van der Waals surface area contributed by atoms with Crippen LogP contribution in [0.15, 0.2) is 60.0 Å². The molecule has 3 nitrogen and oxygen atoms in total. The van der Waals surface area contributed by atoms with Gasteiger partial charge in [0.25, 0.3) is 0 Å². The van der Waals surface area contributed by atoms with Crippen molar-refractivity contribution in [2.75, 3.05) is 26.2 Å². The summed E-state index contributed by atoms with van der Waals surface area (Å²) in [6.07, 6.45) is 0.510. The lowest BCUT2D eigenvalue weighted by molar-refractivity contribution is -0.132. The molecule has 1 fully saturated rings. The highest BCUT2D eigenvalue weighted by atomic mass is 32.1. The van der Waals surface area contributed by atoms with Gasteiger partial charge >= 0.3 is 0 Å². The van der Waals surface area contributed by atoms with E-state index in [1.165, 1.54) is 15.6 Å². The molecular formula is C21H22N2OS. The second kappa shape index (κ2) is 7.38. The van der Waals surface area contributed by atoms with Gasteiger partial charge in [-0.3, -0.25) is 9.69 Å². The summed E-state index contributed by atoms with van der Waals surface area (Å²) in [7, 11) is 0. The van der Waals surface area contributed by atoms with Crippen molar-refractivity contribution in [1.29, 1.82) is 0 Å². The third kappa shape index (κ3) is 3.75. The van der Waals surface area contributed by atoms with Gasteiger partial charge in [0.05, 0.1) is 6.42 Å². The van der Waals surface area contributed by atoms with E-state index in [1.54, 1.807) is 0 Å². The summed E-state index contributed by atoms with van der Waals surface area (Å²) in [5.74, 6) is 0.242. The Morgan fingerprint density at radius 2 is 1.64 bits per heavy atom. The van der Waals surface area contributed by atoms with Gasteiger partial charge in [0.15, 0.2) is 0 Å². The van der Waals surface area contributed by atoms with Crippen molar-refractivity contribution in [1.82, 2.24) is 9.80 Å². The van der Waals surface area contributed by atoms with Crippen LogP contribution in [-0.4, -0.2) is 41.9 Å². The van der Waals surface area contributed by atoms with Crippen LogP contribution in [-0.2, 0) is 17.8 Å². The summed E-state index contributed by atoms with van der Waals surface area (Å²) >= 11 is 1.82. The number of carbonyl (C=O) groups excluding carboxylic acids is 1. The normalized spacial score (nSPS) is 15.6. The van der Waals surface area contributed by atoms with Crippen LogP contribution in [0.3, 0.4) is 0 Å². The summed E-state index contributed by atoms with van der Waals surface area (Å²) in [6.45, 7) is 4.53. The molecule has 0 bridgehead atoms. The summed E-state index contributed by atoms with van der Waals surface area (Å²) < 4.78 is 1.36. The van der Waals surface area contributed by atoms with E-state index in [0.717, 1.165) is 38.3 Å². The van der Waals surface area contributed by atoms with Gasteiger partial charge in [-0.25, -0.2) is 0 Å². The highest BCUT2D eigenvalue weighted by Gasteiger charge is 2.21. The monoisotopic (exact) mass is 350 g/mol. The largest absolute Gasteiger partial charge is 0.340 e. The third-order valence-corrected chi connectivity index (χ3v) is 5.89. The van der Waals surface area contributed by atoms with Crippen molar-refractivity contribution in [3.63, 3.8) is 0 Å². The first-order valence-corrected chi connectivity index (χ1v) is 9.67. The summed E-state index contributed by atoms with van der Waals surface area (Å²) in [5.41, 5.74) is 2.50. The van der Waals surface area contributed by atoms with Gasteiger partial charge in [-0.2, -0.15) is 0 Å². The average Bonchev–Trinajstić information content (AvgIpc) is 3.06. The predicted octanol–water partition coefficient (Wildman–Crippen LogP) is 3.79. The lowest BCUT2D eigenvalue weighted by Crippen LogP contribution is -2.48. The van der Waals surface area contributed by atoms with Crippen LogP contribution in [0, 0.1) is 0 Å².